The van der Waals surface area contributed by atoms with Gasteiger partial charge in [0.2, 0.25) is 11.6 Å². The van der Waals surface area contributed by atoms with Gasteiger partial charge in [-0.2, -0.15) is 0 Å². The van der Waals surface area contributed by atoms with E-state index < -0.39 is 88.1 Å². The molecular formula is C90H94Cl2F6O14Si. The predicted molar refractivity (Wildman–Crippen MR) is 422 cm³/mol. The van der Waals surface area contributed by atoms with Crippen LogP contribution in [-0.4, -0.2) is 102 Å². The van der Waals surface area contributed by atoms with Crippen molar-refractivity contribution in [1.82, 2.24) is 0 Å². The van der Waals surface area contributed by atoms with Crippen LogP contribution < -0.4 is 9.47 Å². The Balaban J connectivity index is 0.000000225. The van der Waals surface area contributed by atoms with Crippen molar-refractivity contribution in [3.05, 3.63) is 344 Å². The van der Waals surface area contributed by atoms with Crippen LogP contribution in [0.15, 0.2) is 267 Å². The summed E-state index contributed by atoms with van der Waals surface area (Å²) in [5.41, 5.74) is 9.52. The topological polar surface area (TPSA) is 140 Å². The number of halogens is 8. The number of hydrogen-bond acceptors (Lipinski definition) is 14. The minimum Gasteiger partial charge on any atom is -0.414 e. The van der Waals surface area contributed by atoms with Gasteiger partial charge in [0.15, 0.2) is 8.32 Å². The van der Waals surface area contributed by atoms with Gasteiger partial charge in [-0.05, 0) is 135 Å². The standard InChI is InChI=1S/C48H54ClF3O7Si.C42H40ClF3O7/c1-46(2,3)60(5,6)57-33-42-43(54-30-35-16-10-7-11-17-35)44(55-31-36-18-12-8-13-19-36)45(56-32-37-20-14-9-15-21-37)47(53-4,59-42)39-24-27-41(49)38(29-39)28-34-22-25-40(26-23-34)58-48(50,51)52;1-48-41(34-19-22-36(43)33(24-34)23-29-17-20-35(21-18-29)52-42(44,45)46)40(51-28-32-15-9-4-10-16-32)39(50-27-31-13-7-3-8-14-31)38(37(25-47)53-41)49-26-30-11-5-2-6-12-30/h7-27,29,42-45H,28,30-33H2,1-6H3;2-22,24,37-40,47H,23,25-28H2,1H3/t42-,43-,44+,45-,47+;37-,38-,39+,40-,41+/m11/s1. The van der Waals surface area contributed by atoms with Crippen molar-refractivity contribution in [2.24, 2.45) is 0 Å². The molecule has 23 heteroatoms. The normalized spacial score (nSPS) is 21.4. The van der Waals surface area contributed by atoms with Crippen LogP contribution in [0.5, 0.6) is 11.5 Å². The molecule has 0 bridgehead atoms. The first-order valence-corrected chi connectivity index (χ1v) is 40.8. The summed E-state index contributed by atoms with van der Waals surface area (Å²) in [7, 11) is 0.756. The highest BCUT2D eigenvalue weighted by Crippen LogP contribution is 2.48. The Morgan fingerprint density at radius 3 is 0.965 bits per heavy atom. The highest BCUT2D eigenvalue weighted by Gasteiger charge is 2.61. The van der Waals surface area contributed by atoms with Crippen molar-refractivity contribution in [3.63, 3.8) is 0 Å². The van der Waals surface area contributed by atoms with E-state index in [2.05, 4.69) is 43.3 Å². The Hall–Kier alpha value is -8.30. The molecule has 2 heterocycles. The third-order valence-electron chi connectivity index (χ3n) is 20.3. The smallest absolute Gasteiger partial charge is 0.414 e. The monoisotopic (exact) mass is 1610 g/mol. The molecule has 598 valence electrons. The number of aliphatic hydroxyl groups is 1. The molecule has 12 rings (SSSR count). The molecule has 0 aromatic heterocycles. The SMILES string of the molecule is CO[C@@]1(c2ccc(Cl)c(Cc3ccc(OC(F)(F)F)cc3)c2)O[C@H](CO)[C@@H](OCc2ccccc2)[C@H](OCc2ccccc2)[C@H]1OCc1ccccc1.CO[C@@]1(c2ccc(Cl)c(Cc3ccc(OC(F)(F)F)cc3)c2)O[C@H](CO[Si](C)(C)C(C)(C)C)[C@@H](OCc2ccccc2)[C@H](OCc2ccccc2)[C@H]1OCc1ccccc1. The van der Waals surface area contributed by atoms with E-state index in [0.29, 0.717) is 44.3 Å². The van der Waals surface area contributed by atoms with E-state index in [-0.39, 0.29) is 69.2 Å². The molecule has 0 spiro atoms. The maximum atomic E-state index is 12.9. The average molecular weight is 1610 g/mol. The number of rotatable bonds is 32. The average Bonchev–Trinajstić information content (AvgIpc) is 0.740. The number of alkyl halides is 6. The Labute approximate surface area is 667 Å². The number of hydrogen-bond donors (Lipinski definition) is 1. The Bertz CT molecular complexity index is 4520. The Morgan fingerprint density at radius 2 is 0.673 bits per heavy atom. The van der Waals surface area contributed by atoms with Crippen LogP contribution in [-0.2, 0) is 116 Å². The lowest BCUT2D eigenvalue weighted by atomic mass is 9.86. The van der Waals surface area contributed by atoms with Crippen molar-refractivity contribution >= 4 is 31.5 Å². The van der Waals surface area contributed by atoms with Crippen LogP contribution in [0.2, 0.25) is 28.2 Å². The van der Waals surface area contributed by atoms with Gasteiger partial charge in [-0.1, -0.05) is 262 Å². The van der Waals surface area contributed by atoms with Gasteiger partial charge in [0.1, 0.15) is 60.3 Å². The van der Waals surface area contributed by atoms with Gasteiger partial charge < -0.3 is 66.4 Å². The first-order valence-electron chi connectivity index (χ1n) is 37.2. The van der Waals surface area contributed by atoms with Crippen LogP contribution in [0.4, 0.5) is 26.3 Å². The Morgan fingerprint density at radius 1 is 0.381 bits per heavy atom. The molecule has 0 radical (unpaired) electrons. The van der Waals surface area contributed by atoms with Gasteiger partial charge in [0.25, 0.3) is 0 Å². The molecule has 2 saturated heterocycles. The molecule has 2 aliphatic rings. The van der Waals surface area contributed by atoms with Gasteiger partial charge in [-0.15, -0.1) is 26.3 Å². The summed E-state index contributed by atoms with van der Waals surface area (Å²) in [5, 5.41) is 11.6. The fourth-order valence-corrected chi connectivity index (χ4v) is 14.8. The van der Waals surface area contributed by atoms with E-state index in [1.807, 2.05) is 200 Å². The highest BCUT2D eigenvalue weighted by atomic mass is 35.5. The quantitative estimate of drug-likeness (QED) is 0.0316. The van der Waals surface area contributed by atoms with E-state index >= 15 is 0 Å². The summed E-state index contributed by atoms with van der Waals surface area (Å²) in [6.45, 7) is 12.1. The zero-order valence-electron chi connectivity index (χ0n) is 63.9. The van der Waals surface area contributed by atoms with E-state index in [0.717, 1.165) is 38.9 Å². The summed E-state index contributed by atoms with van der Waals surface area (Å²) >= 11 is 13.6. The minimum atomic E-state index is -4.80. The second-order valence-corrected chi connectivity index (χ2v) is 34.8. The largest absolute Gasteiger partial charge is 0.573 e. The number of methoxy groups -OCH3 is 2. The van der Waals surface area contributed by atoms with Gasteiger partial charge in [-0.25, -0.2) is 0 Å². The molecule has 10 aromatic rings. The van der Waals surface area contributed by atoms with Crippen LogP contribution in [0, 0.1) is 0 Å². The predicted octanol–water partition coefficient (Wildman–Crippen LogP) is 20.6. The summed E-state index contributed by atoms with van der Waals surface area (Å²) < 4.78 is 160. The third kappa shape index (κ3) is 23.3. The molecular weight excluding hydrogens is 1520 g/mol. The molecule has 0 unspecified atom stereocenters. The van der Waals surface area contributed by atoms with Crippen molar-refractivity contribution in [2.45, 2.75) is 165 Å². The fraction of sp³-hybridized carbons (Fsp3) is 0.333. The van der Waals surface area contributed by atoms with Gasteiger partial charge in [0, 0.05) is 35.4 Å². The molecule has 0 aliphatic carbocycles. The van der Waals surface area contributed by atoms with E-state index in [1.54, 1.807) is 49.6 Å². The fourth-order valence-electron chi connectivity index (χ4n) is 13.4. The van der Waals surface area contributed by atoms with Gasteiger partial charge in [-0.3, -0.25) is 0 Å². The van der Waals surface area contributed by atoms with Crippen LogP contribution in [0.25, 0.3) is 0 Å². The zero-order valence-corrected chi connectivity index (χ0v) is 66.4. The van der Waals surface area contributed by atoms with Crippen molar-refractivity contribution in [2.75, 3.05) is 27.4 Å². The van der Waals surface area contributed by atoms with E-state index in [4.69, 9.17) is 75.0 Å². The third-order valence-corrected chi connectivity index (χ3v) is 25.5. The summed E-state index contributed by atoms with van der Waals surface area (Å²) in [6.07, 6.45) is -15.6. The highest BCUT2D eigenvalue weighted by molar-refractivity contribution is 6.74. The molecule has 2 fully saturated rings. The number of benzene rings is 10. The molecule has 0 saturated carbocycles. The molecule has 1 N–H and O–H groups in total. The van der Waals surface area contributed by atoms with Crippen LogP contribution in [0.3, 0.4) is 0 Å². The lowest BCUT2D eigenvalue weighted by Gasteiger charge is -2.52. The van der Waals surface area contributed by atoms with Gasteiger partial charge in [0.05, 0.1) is 52.9 Å². The van der Waals surface area contributed by atoms with Crippen molar-refractivity contribution in [1.29, 1.82) is 0 Å². The second kappa shape index (κ2) is 39.4. The summed E-state index contributed by atoms with van der Waals surface area (Å²) in [6, 6.07) is 80.8. The molecule has 0 amide bonds. The first-order chi connectivity index (χ1) is 54.2. The Kier molecular flexibility index (Phi) is 29.8. The van der Waals surface area contributed by atoms with Crippen molar-refractivity contribution in [3.8, 4) is 11.5 Å². The van der Waals surface area contributed by atoms with E-state index in [1.165, 1.54) is 31.4 Å². The van der Waals surface area contributed by atoms with Crippen LogP contribution in [0.1, 0.15) is 87.5 Å². The summed E-state index contributed by atoms with van der Waals surface area (Å²) in [4.78, 5) is 0. The molecule has 2 aliphatic heterocycles. The maximum Gasteiger partial charge on any atom is 0.573 e. The second-order valence-electron chi connectivity index (χ2n) is 29.1. The maximum absolute atomic E-state index is 12.9. The molecule has 10 aromatic carbocycles. The minimum absolute atomic E-state index is 0.0902. The lowest BCUT2D eigenvalue weighted by molar-refractivity contribution is -0.384. The van der Waals surface area contributed by atoms with Crippen LogP contribution >= 0.6 is 23.2 Å². The first kappa shape index (κ1) is 85.6. The van der Waals surface area contributed by atoms with Gasteiger partial charge >= 0.3 is 12.7 Å². The lowest BCUT2D eigenvalue weighted by Crippen LogP contribution is -2.66. The van der Waals surface area contributed by atoms with E-state index in [9.17, 15) is 31.4 Å². The zero-order chi connectivity index (χ0) is 80.2. The molecule has 14 nitrogen and oxygen atoms in total. The number of ether oxygens (including phenoxy) is 12. The number of aliphatic hydroxyl groups excluding tert-OH is 1. The molecule has 10 atom stereocenters. The molecule has 113 heavy (non-hydrogen) atoms. The van der Waals surface area contributed by atoms with Crippen molar-refractivity contribution < 1.29 is 92.7 Å². The summed E-state index contributed by atoms with van der Waals surface area (Å²) in [5.74, 6) is -3.86.